The van der Waals surface area contributed by atoms with Gasteiger partial charge in [0, 0.05) is 26.5 Å². The van der Waals surface area contributed by atoms with Crippen molar-refractivity contribution in [3.63, 3.8) is 0 Å². The minimum Gasteiger partial charge on any atom is -0.388 e. The minimum absolute atomic E-state index is 0.0171. The highest BCUT2D eigenvalue weighted by Gasteiger charge is 2.34. The molecule has 0 aliphatic heterocycles. The Morgan fingerprint density at radius 1 is 1.00 bits per heavy atom. The molecular formula is C17H15Cl3O. The molecule has 0 radical (unpaired) electrons. The number of halogens is 3. The molecule has 0 heterocycles. The number of rotatable bonds is 1. The van der Waals surface area contributed by atoms with Gasteiger partial charge in [0.05, 0.1) is 6.10 Å². The van der Waals surface area contributed by atoms with Crippen LogP contribution >= 0.6 is 34.8 Å². The summed E-state index contributed by atoms with van der Waals surface area (Å²) in [5.41, 5.74) is 2.93. The van der Waals surface area contributed by atoms with Gasteiger partial charge in [-0.1, -0.05) is 53.9 Å². The van der Waals surface area contributed by atoms with Gasteiger partial charge in [0.1, 0.15) is 0 Å². The quantitative estimate of drug-likeness (QED) is 0.677. The molecule has 0 bridgehead atoms. The summed E-state index contributed by atoms with van der Waals surface area (Å²) < 4.78 is 0. The van der Waals surface area contributed by atoms with Crippen LogP contribution in [-0.2, 0) is 0 Å². The Labute approximate surface area is 139 Å². The Bertz CT molecular complexity index is 666. The second-order valence-electron chi connectivity index (χ2n) is 5.63. The molecule has 0 saturated carbocycles. The molecule has 2 aromatic rings. The lowest BCUT2D eigenvalue weighted by molar-refractivity contribution is 0.126. The lowest BCUT2D eigenvalue weighted by atomic mass is 9.73. The predicted molar refractivity (Wildman–Crippen MR) is 88.6 cm³/mol. The molecule has 1 N–H and O–H groups in total. The number of aliphatic hydroxyl groups is 1. The smallest absolute Gasteiger partial charge is 0.0875 e. The zero-order valence-electron chi connectivity index (χ0n) is 11.5. The Kier molecular flexibility index (Phi) is 4.20. The third kappa shape index (κ3) is 2.80. The lowest BCUT2D eigenvalue weighted by Gasteiger charge is -2.35. The van der Waals surface area contributed by atoms with Crippen LogP contribution in [0.25, 0.3) is 0 Å². The van der Waals surface area contributed by atoms with Crippen LogP contribution in [-0.4, -0.2) is 5.11 Å². The van der Waals surface area contributed by atoms with Gasteiger partial charge in [-0.15, -0.1) is 0 Å². The van der Waals surface area contributed by atoms with Crippen LogP contribution in [0.5, 0.6) is 0 Å². The molecule has 1 aliphatic carbocycles. The van der Waals surface area contributed by atoms with Gasteiger partial charge in [-0.25, -0.2) is 0 Å². The van der Waals surface area contributed by atoms with Crippen molar-refractivity contribution < 1.29 is 5.11 Å². The molecule has 0 aromatic heterocycles. The molecule has 110 valence electrons. The number of aliphatic hydroxyl groups excluding tert-OH is 1. The molecule has 0 unspecified atom stereocenters. The number of fused-ring (bicyclic) bond motifs is 1. The first-order chi connectivity index (χ1) is 9.97. The van der Waals surface area contributed by atoms with Crippen molar-refractivity contribution in [1.82, 2.24) is 0 Å². The third-order valence-electron chi connectivity index (χ3n) is 4.24. The van der Waals surface area contributed by atoms with Crippen molar-refractivity contribution in [3.8, 4) is 0 Å². The highest BCUT2D eigenvalue weighted by molar-refractivity contribution is 6.35. The van der Waals surface area contributed by atoms with E-state index in [4.69, 9.17) is 34.8 Å². The molecule has 3 atom stereocenters. The van der Waals surface area contributed by atoms with E-state index in [-0.39, 0.29) is 5.92 Å². The van der Waals surface area contributed by atoms with Gasteiger partial charge in [0.25, 0.3) is 0 Å². The molecule has 4 heteroatoms. The highest BCUT2D eigenvalue weighted by Crippen LogP contribution is 2.49. The zero-order valence-corrected chi connectivity index (χ0v) is 13.8. The van der Waals surface area contributed by atoms with Gasteiger partial charge < -0.3 is 5.11 Å². The SMILES string of the molecule is C[C@@H]1C[C@H](c2ccc(Cl)cc2)[C@@H](O)c2c(Cl)cc(Cl)cc21. The Hall–Kier alpha value is -0.730. The first-order valence-corrected chi connectivity index (χ1v) is 8.03. The van der Waals surface area contributed by atoms with Crippen LogP contribution < -0.4 is 0 Å². The molecule has 1 nitrogen and oxygen atoms in total. The van der Waals surface area contributed by atoms with E-state index >= 15 is 0 Å². The van der Waals surface area contributed by atoms with E-state index in [9.17, 15) is 5.11 Å². The van der Waals surface area contributed by atoms with Crippen LogP contribution in [0.4, 0.5) is 0 Å². The number of hydrogen-bond acceptors (Lipinski definition) is 1. The van der Waals surface area contributed by atoms with Crippen LogP contribution in [0.1, 0.15) is 48.0 Å². The van der Waals surface area contributed by atoms with Crippen molar-refractivity contribution in [3.05, 3.63) is 68.2 Å². The maximum absolute atomic E-state index is 10.8. The summed E-state index contributed by atoms with van der Waals surface area (Å²) in [6, 6.07) is 11.3. The molecular weight excluding hydrogens is 327 g/mol. The summed E-state index contributed by atoms with van der Waals surface area (Å²) >= 11 is 18.3. The first-order valence-electron chi connectivity index (χ1n) is 6.89. The third-order valence-corrected chi connectivity index (χ3v) is 5.02. The van der Waals surface area contributed by atoms with Gasteiger partial charge in [-0.3, -0.25) is 0 Å². The summed E-state index contributed by atoms with van der Waals surface area (Å²) in [5, 5.41) is 12.6. The molecule has 1 aliphatic rings. The molecule has 21 heavy (non-hydrogen) atoms. The lowest BCUT2D eigenvalue weighted by Crippen LogP contribution is -2.21. The van der Waals surface area contributed by atoms with Gasteiger partial charge in [-0.05, 0) is 47.7 Å². The van der Waals surface area contributed by atoms with Crippen LogP contribution in [0.2, 0.25) is 15.1 Å². The summed E-state index contributed by atoms with van der Waals surface area (Å²) in [4.78, 5) is 0. The second-order valence-corrected chi connectivity index (χ2v) is 6.91. The van der Waals surface area contributed by atoms with Crippen molar-refractivity contribution in [2.24, 2.45) is 0 Å². The van der Waals surface area contributed by atoms with Gasteiger partial charge >= 0.3 is 0 Å². The van der Waals surface area contributed by atoms with Crippen molar-refractivity contribution in [2.45, 2.75) is 31.3 Å². The average molecular weight is 342 g/mol. The van der Waals surface area contributed by atoms with E-state index in [1.807, 2.05) is 30.3 Å². The highest BCUT2D eigenvalue weighted by atomic mass is 35.5. The van der Waals surface area contributed by atoms with Crippen molar-refractivity contribution in [1.29, 1.82) is 0 Å². The maximum atomic E-state index is 10.8. The van der Waals surface area contributed by atoms with Crippen LogP contribution in [0.15, 0.2) is 36.4 Å². The fourth-order valence-corrected chi connectivity index (χ4v) is 3.94. The van der Waals surface area contributed by atoms with E-state index in [1.54, 1.807) is 6.07 Å². The average Bonchev–Trinajstić information content (AvgIpc) is 2.43. The molecule has 3 rings (SSSR count). The standard InChI is InChI=1S/C17H15Cl3O/c1-9-6-14(10-2-4-11(18)5-3-10)17(21)16-13(9)7-12(19)8-15(16)20/h2-5,7-9,14,17,21H,6H2,1H3/t9-,14-,17-/m1/s1. The fraction of sp³-hybridized carbons (Fsp3) is 0.294. The Morgan fingerprint density at radius 2 is 1.67 bits per heavy atom. The normalized spacial score (nSPS) is 24.7. The second kappa shape index (κ2) is 5.81. The van der Waals surface area contributed by atoms with E-state index in [1.165, 1.54) is 0 Å². The molecule has 0 fully saturated rings. The molecule has 0 saturated heterocycles. The van der Waals surface area contributed by atoms with E-state index in [0.717, 1.165) is 23.1 Å². The minimum atomic E-state index is -0.623. The Morgan fingerprint density at radius 3 is 2.33 bits per heavy atom. The monoisotopic (exact) mass is 340 g/mol. The first kappa shape index (κ1) is 15.2. The fourth-order valence-electron chi connectivity index (χ4n) is 3.19. The zero-order chi connectivity index (χ0) is 15.1. The van der Waals surface area contributed by atoms with Gasteiger partial charge in [0.2, 0.25) is 0 Å². The van der Waals surface area contributed by atoms with Crippen molar-refractivity contribution >= 4 is 34.8 Å². The summed E-state index contributed by atoms with van der Waals surface area (Å²) in [5.74, 6) is 0.309. The van der Waals surface area contributed by atoms with Gasteiger partial charge in [0.15, 0.2) is 0 Å². The van der Waals surface area contributed by atoms with Crippen LogP contribution in [0, 0.1) is 0 Å². The molecule has 2 aromatic carbocycles. The van der Waals surface area contributed by atoms with Gasteiger partial charge in [-0.2, -0.15) is 0 Å². The number of benzene rings is 2. The van der Waals surface area contributed by atoms with Crippen LogP contribution in [0.3, 0.4) is 0 Å². The maximum Gasteiger partial charge on any atom is 0.0875 e. The van der Waals surface area contributed by atoms with E-state index in [2.05, 4.69) is 6.92 Å². The largest absolute Gasteiger partial charge is 0.388 e. The Balaban J connectivity index is 2.06. The van der Waals surface area contributed by atoms with Crippen molar-refractivity contribution in [2.75, 3.05) is 0 Å². The summed E-state index contributed by atoms with van der Waals surface area (Å²) in [6.07, 6.45) is 0.231. The summed E-state index contributed by atoms with van der Waals surface area (Å²) in [7, 11) is 0. The predicted octanol–water partition coefficient (Wildman–Crippen LogP) is 5.97. The van der Waals surface area contributed by atoms with E-state index < -0.39 is 6.10 Å². The summed E-state index contributed by atoms with van der Waals surface area (Å²) in [6.45, 7) is 2.14. The molecule has 0 amide bonds. The topological polar surface area (TPSA) is 20.2 Å². The number of hydrogen-bond donors (Lipinski definition) is 1. The van der Waals surface area contributed by atoms with E-state index in [0.29, 0.717) is 21.0 Å². The molecule has 0 spiro atoms.